The van der Waals surface area contributed by atoms with Crippen LogP contribution in [-0.4, -0.2) is 14.3 Å². The Morgan fingerprint density at radius 2 is 1.35 bits per heavy atom. The number of nitrogens with one attached hydrogen (secondary N) is 2. The summed E-state index contributed by atoms with van der Waals surface area (Å²) >= 11 is 1.41. The van der Waals surface area contributed by atoms with Gasteiger partial charge < -0.3 is 5.32 Å². The normalized spacial score (nSPS) is 12.0. The number of amides is 1. The summed E-state index contributed by atoms with van der Waals surface area (Å²) in [4.78, 5) is 14.3. The molecular formula is C27H24N2O3S2. The highest BCUT2D eigenvalue weighted by Crippen LogP contribution is 2.37. The van der Waals surface area contributed by atoms with Gasteiger partial charge in [-0.2, -0.15) is 0 Å². The molecule has 0 aliphatic rings. The number of benzene rings is 4. The van der Waals surface area contributed by atoms with Crippen LogP contribution < -0.4 is 10.0 Å². The standard InChI is InChI=1S/C27H24N2O3S2/c1-20-10-8-9-15-25(20)28-27(30)26(21-11-4-2-5-12-21)33-23-18-16-22(17-19-23)29-34(31,32)24-13-6-3-7-14-24/h2-19,26,29H,1H3,(H,28,30). The molecule has 2 N–H and O–H groups in total. The van der Waals surface area contributed by atoms with E-state index in [1.54, 1.807) is 42.5 Å². The van der Waals surface area contributed by atoms with Crippen molar-refractivity contribution < 1.29 is 13.2 Å². The number of anilines is 2. The molecule has 0 heterocycles. The van der Waals surface area contributed by atoms with Gasteiger partial charge >= 0.3 is 0 Å². The van der Waals surface area contributed by atoms with Gasteiger partial charge in [0, 0.05) is 16.3 Å². The third kappa shape index (κ3) is 5.87. The average Bonchev–Trinajstić information content (AvgIpc) is 2.86. The zero-order chi connectivity index (χ0) is 24.0. The number of aryl methyl sites for hydroxylation is 1. The van der Waals surface area contributed by atoms with Crippen molar-refractivity contribution in [2.45, 2.75) is 22.0 Å². The third-order valence-corrected chi connectivity index (χ3v) is 7.82. The van der Waals surface area contributed by atoms with Crippen molar-refractivity contribution in [3.8, 4) is 0 Å². The molecule has 7 heteroatoms. The maximum absolute atomic E-state index is 13.3. The summed E-state index contributed by atoms with van der Waals surface area (Å²) in [7, 11) is -3.67. The van der Waals surface area contributed by atoms with Gasteiger partial charge in [-0.25, -0.2) is 8.42 Å². The largest absolute Gasteiger partial charge is 0.325 e. The lowest BCUT2D eigenvalue weighted by Gasteiger charge is -2.18. The van der Waals surface area contributed by atoms with Gasteiger partial charge in [0.25, 0.3) is 10.0 Å². The Balaban J connectivity index is 1.52. The van der Waals surface area contributed by atoms with E-state index in [0.29, 0.717) is 5.69 Å². The Hall–Kier alpha value is -3.55. The number of carbonyl (C=O) groups excluding carboxylic acids is 1. The molecule has 0 saturated heterocycles. The quantitative estimate of drug-likeness (QED) is 0.287. The number of rotatable bonds is 8. The third-order valence-electron chi connectivity index (χ3n) is 5.16. The van der Waals surface area contributed by atoms with Crippen LogP contribution in [0.4, 0.5) is 11.4 Å². The van der Waals surface area contributed by atoms with Crippen molar-refractivity contribution in [2.24, 2.45) is 0 Å². The van der Waals surface area contributed by atoms with E-state index in [9.17, 15) is 13.2 Å². The molecule has 0 aliphatic heterocycles. The molecular weight excluding hydrogens is 464 g/mol. The molecule has 34 heavy (non-hydrogen) atoms. The molecule has 0 aliphatic carbocycles. The summed E-state index contributed by atoms with van der Waals surface area (Å²) in [5.74, 6) is -0.126. The minimum atomic E-state index is -3.67. The molecule has 0 aromatic heterocycles. The predicted octanol–water partition coefficient (Wildman–Crippen LogP) is 6.27. The summed E-state index contributed by atoms with van der Waals surface area (Å²) in [6, 6.07) is 32.5. The van der Waals surface area contributed by atoms with E-state index in [0.717, 1.165) is 21.7 Å². The highest BCUT2D eigenvalue weighted by atomic mass is 32.2. The first-order chi connectivity index (χ1) is 16.4. The lowest BCUT2D eigenvalue weighted by atomic mass is 10.1. The number of hydrogen-bond acceptors (Lipinski definition) is 4. The van der Waals surface area contributed by atoms with Gasteiger partial charge in [0.15, 0.2) is 0 Å². The maximum Gasteiger partial charge on any atom is 0.261 e. The average molecular weight is 489 g/mol. The van der Waals surface area contributed by atoms with Gasteiger partial charge in [-0.05, 0) is 60.5 Å². The first-order valence-electron chi connectivity index (χ1n) is 10.7. The summed E-state index contributed by atoms with van der Waals surface area (Å²) in [6.45, 7) is 1.95. The van der Waals surface area contributed by atoms with E-state index in [4.69, 9.17) is 0 Å². The van der Waals surface area contributed by atoms with Crippen LogP contribution in [0, 0.1) is 6.92 Å². The molecule has 0 saturated carbocycles. The molecule has 0 spiro atoms. The first-order valence-corrected chi connectivity index (χ1v) is 13.0. The molecule has 1 unspecified atom stereocenters. The first kappa shape index (κ1) is 23.6. The fourth-order valence-electron chi connectivity index (χ4n) is 3.36. The van der Waals surface area contributed by atoms with Crippen LogP contribution in [0.3, 0.4) is 0 Å². The molecule has 4 rings (SSSR count). The van der Waals surface area contributed by atoms with E-state index >= 15 is 0 Å². The Kier molecular flexibility index (Phi) is 7.35. The fourth-order valence-corrected chi connectivity index (χ4v) is 5.47. The fraction of sp³-hybridized carbons (Fsp3) is 0.0741. The smallest absolute Gasteiger partial charge is 0.261 e. The van der Waals surface area contributed by atoms with Crippen LogP contribution >= 0.6 is 11.8 Å². The summed E-state index contributed by atoms with van der Waals surface area (Å²) < 4.78 is 27.7. The predicted molar refractivity (Wildman–Crippen MR) is 139 cm³/mol. The number of sulfonamides is 1. The molecule has 4 aromatic rings. The highest BCUT2D eigenvalue weighted by molar-refractivity contribution is 8.00. The molecule has 5 nitrogen and oxygen atoms in total. The van der Waals surface area contributed by atoms with Gasteiger partial charge in [0.05, 0.1) is 4.90 Å². The highest BCUT2D eigenvalue weighted by Gasteiger charge is 2.23. The maximum atomic E-state index is 13.3. The molecule has 0 bridgehead atoms. The SMILES string of the molecule is Cc1ccccc1NC(=O)C(Sc1ccc(NS(=O)(=O)c2ccccc2)cc1)c1ccccc1. The van der Waals surface area contributed by atoms with Gasteiger partial charge in [0.2, 0.25) is 5.91 Å². The molecule has 172 valence electrons. The van der Waals surface area contributed by atoms with Crippen molar-refractivity contribution in [2.75, 3.05) is 10.0 Å². The molecule has 0 radical (unpaired) electrons. The second-order valence-corrected chi connectivity index (χ2v) is 10.5. The molecule has 4 aromatic carbocycles. The van der Waals surface area contributed by atoms with Gasteiger partial charge in [0.1, 0.15) is 5.25 Å². The van der Waals surface area contributed by atoms with Crippen molar-refractivity contribution in [1.82, 2.24) is 0 Å². The minimum Gasteiger partial charge on any atom is -0.325 e. The Labute approximate surface area is 204 Å². The van der Waals surface area contributed by atoms with E-state index in [2.05, 4.69) is 10.0 Å². The van der Waals surface area contributed by atoms with Crippen LogP contribution in [0.15, 0.2) is 119 Å². The zero-order valence-electron chi connectivity index (χ0n) is 18.5. The van der Waals surface area contributed by atoms with E-state index < -0.39 is 15.3 Å². The number of para-hydroxylation sites is 1. The van der Waals surface area contributed by atoms with Crippen LogP contribution in [0.2, 0.25) is 0 Å². The van der Waals surface area contributed by atoms with E-state index in [-0.39, 0.29) is 10.8 Å². The van der Waals surface area contributed by atoms with E-state index in [1.807, 2.05) is 73.7 Å². The van der Waals surface area contributed by atoms with Gasteiger partial charge in [-0.15, -0.1) is 11.8 Å². The summed E-state index contributed by atoms with van der Waals surface area (Å²) in [5.41, 5.74) is 3.10. The van der Waals surface area contributed by atoms with Crippen LogP contribution in [0.5, 0.6) is 0 Å². The Morgan fingerprint density at radius 1 is 0.765 bits per heavy atom. The number of carbonyl (C=O) groups is 1. The lowest BCUT2D eigenvalue weighted by Crippen LogP contribution is -2.19. The summed E-state index contributed by atoms with van der Waals surface area (Å²) in [6.07, 6.45) is 0. The Bertz CT molecular complexity index is 1360. The molecule has 0 fully saturated rings. The Morgan fingerprint density at radius 3 is 2.00 bits per heavy atom. The second-order valence-electron chi connectivity index (χ2n) is 7.66. The minimum absolute atomic E-state index is 0.126. The van der Waals surface area contributed by atoms with Crippen molar-refractivity contribution in [3.05, 3.63) is 120 Å². The van der Waals surface area contributed by atoms with Crippen molar-refractivity contribution in [1.29, 1.82) is 0 Å². The number of thioether (sulfide) groups is 1. The topological polar surface area (TPSA) is 75.3 Å². The molecule has 1 atom stereocenters. The molecule has 1 amide bonds. The van der Waals surface area contributed by atoms with Crippen LogP contribution in [0.25, 0.3) is 0 Å². The van der Waals surface area contributed by atoms with Crippen molar-refractivity contribution >= 4 is 39.1 Å². The lowest BCUT2D eigenvalue weighted by molar-refractivity contribution is -0.115. The summed E-state index contributed by atoms with van der Waals surface area (Å²) in [5, 5.41) is 2.56. The van der Waals surface area contributed by atoms with Gasteiger partial charge in [-0.3, -0.25) is 9.52 Å². The van der Waals surface area contributed by atoms with Crippen molar-refractivity contribution in [3.63, 3.8) is 0 Å². The second kappa shape index (κ2) is 10.6. The van der Waals surface area contributed by atoms with Gasteiger partial charge in [-0.1, -0.05) is 66.7 Å². The van der Waals surface area contributed by atoms with E-state index in [1.165, 1.54) is 11.8 Å². The zero-order valence-corrected chi connectivity index (χ0v) is 20.1. The number of hydrogen-bond donors (Lipinski definition) is 2. The monoisotopic (exact) mass is 488 g/mol. The van der Waals surface area contributed by atoms with Crippen LogP contribution in [0.1, 0.15) is 16.4 Å². The van der Waals surface area contributed by atoms with Crippen LogP contribution in [-0.2, 0) is 14.8 Å².